The summed E-state index contributed by atoms with van der Waals surface area (Å²) >= 11 is 0. The van der Waals surface area contributed by atoms with E-state index in [1.54, 1.807) is 7.11 Å². The van der Waals surface area contributed by atoms with Gasteiger partial charge in [0.2, 0.25) is 0 Å². The highest BCUT2D eigenvalue weighted by atomic mass is 16.5. The lowest BCUT2D eigenvalue weighted by molar-refractivity contribution is 0.0970. The number of hydrogen-bond acceptors (Lipinski definition) is 3. The smallest absolute Gasteiger partial charge is 0.167 e. The van der Waals surface area contributed by atoms with Gasteiger partial charge in [-0.3, -0.25) is 4.79 Å². The molecular weight excluding hydrogens is 214 g/mol. The Balaban J connectivity index is 2.17. The molecule has 0 radical (unpaired) electrons. The molecule has 0 saturated carbocycles. The Morgan fingerprint density at radius 1 is 1.47 bits per heavy atom. The molecule has 0 fully saturated rings. The molecule has 0 aliphatic carbocycles. The second-order valence-corrected chi connectivity index (χ2v) is 4.52. The van der Waals surface area contributed by atoms with Crippen molar-refractivity contribution in [1.29, 1.82) is 0 Å². The predicted molar refractivity (Wildman–Crippen MR) is 68.9 cm³/mol. The molecule has 1 heterocycles. The number of rotatable bonds is 4. The number of Topliss-reactive ketones (excluding diaryl/α,β-unsaturated/α-hetero) is 1. The van der Waals surface area contributed by atoms with Gasteiger partial charge < -0.3 is 10.1 Å². The minimum atomic E-state index is 0.221. The van der Waals surface area contributed by atoms with Crippen molar-refractivity contribution in [2.24, 2.45) is 0 Å². The van der Waals surface area contributed by atoms with Crippen molar-refractivity contribution in [3.8, 4) is 5.75 Å². The topological polar surface area (TPSA) is 38.3 Å². The third-order valence-corrected chi connectivity index (χ3v) is 3.22. The Hall–Kier alpha value is -1.51. The molecule has 1 unspecified atom stereocenters. The molecule has 1 N–H and O–H groups in total. The van der Waals surface area contributed by atoms with Crippen molar-refractivity contribution in [2.75, 3.05) is 12.4 Å². The molecule has 1 atom stereocenters. The fourth-order valence-corrected chi connectivity index (χ4v) is 2.24. The van der Waals surface area contributed by atoms with Gasteiger partial charge in [-0.15, -0.1) is 0 Å². The summed E-state index contributed by atoms with van der Waals surface area (Å²) in [4.78, 5) is 12.0. The molecule has 3 heteroatoms. The van der Waals surface area contributed by atoms with Crippen molar-refractivity contribution in [3.05, 3.63) is 23.8 Å². The van der Waals surface area contributed by atoms with Crippen LogP contribution in [0.25, 0.3) is 0 Å². The molecule has 0 bridgehead atoms. The Bertz CT molecular complexity index is 415. The van der Waals surface area contributed by atoms with Gasteiger partial charge in [0.25, 0.3) is 0 Å². The van der Waals surface area contributed by atoms with Crippen LogP contribution in [0.1, 0.15) is 43.0 Å². The van der Waals surface area contributed by atoms with E-state index < -0.39 is 0 Å². The van der Waals surface area contributed by atoms with Gasteiger partial charge in [0.1, 0.15) is 5.75 Å². The van der Waals surface area contributed by atoms with Crippen molar-refractivity contribution in [3.63, 3.8) is 0 Å². The summed E-state index contributed by atoms with van der Waals surface area (Å²) in [6.45, 7) is 2.17. The number of ketones is 1. The first-order valence-corrected chi connectivity index (χ1v) is 6.22. The molecule has 1 aromatic carbocycles. The zero-order valence-electron chi connectivity index (χ0n) is 10.5. The number of methoxy groups -OCH3 is 1. The molecule has 1 aliphatic rings. The van der Waals surface area contributed by atoms with Crippen LogP contribution in [0.15, 0.2) is 18.2 Å². The maximum atomic E-state index is 12.0. The van der Waals surface area contributed by atoms with Crippen LogP contribution in [0.4, 0.5) is 5.69 Å². The number of carbonyl (C=O) groups excluding carboxylic acids is 1. The lowest BCUT2D eigenvalue weighted by atomic mass is 9.94. The summed E-state index contributed by atoms with van der Waals surface area (Å²) in [5, 5.41) is 3.44. The molecule has 0 amide bonds. The van der Waals surface area contributed by atoms with E-state index in [-0.39, 0.29) is 5.78 Å². The Morgan fingerprint density at radius 3 is 3.00 bits per heavy atom. The third-order valence-electron chi connectivity index (χ3n) is 3.22. The maximum absolute atomic E-state index is 12.0. The van der Waals surface area contributed by atoms with E-state index in [4.69, 9.17) is 4.74 Å². The highest BCUT2D eigenvalue weighted by Gasteiger charge is 2.24. The molecule has 92 valence electrons. The van der Waals surface area contributed by atoms with Gasteiger partial charge >= 0.3 is 0 Å². The standard InChI is InChI=1S/C14H19NO2/c1-3-4-5-10-8-14(16)12-9-11(17-2)6-7-13(12)15-10/h6-7,9-10,15H,3-5,8H2,1-2H3. The first-order valence-electron chi connectivity index (χ1n) is 6.22. The first-order chi connectivity index (χ1) is 8.24. The fourth-order valence-electron chi connectivity index (χ4n) is 2.24. The molecule has 0 aromatic heterocycles. The van der Waals surface area contributed by atoms with Crippen LogP contribution in [0.2, 0.25) is 0 Å². The summed E-state index contributed by atoms with van der Waals surface area (Å²) in [5.41, 5.74) is 1.71. The normalized spacial score (nSPS) is 18.5. The predicted octanol–water partition coefficient (Wildman–Crippen LogP) is 3.25. The van der Waals surface area contributed by atoms with E-state index in [0.29, 0.717) is 12.5 Å². The summed E-state index contributed by atoms with van der Waals surface area (Å²) < 4.78 is 5.14. The van der Waals surface area contributed by atoms with Gasteiger partial charge in [0.15, 0.2) is 5.78 Å². The summed E-state index contributed by atoms with van der Waals surface area (Å²) in [7, 11) is 1.62. The second-order valence-electron chi connectivity index (χ2n) is 4.52. The molecule has 0 spiro atoms. The van der Waals surface area contributed by atoms with Gasteiger partial charge in [0, 0.05) is 23.7 Å². The number of benzene rings is 1. The summed E-state index contributed by atoms with van der Waals surface area (Å²) in [6, 6.07) is 5.94. The third kappa shape index (κ3) is 2.60. The number of fused-ring (bicyclic) bond motifs is 1. The van der Waals surface area contributed by atoms with Crippen molar-refractivity contribution < 1.29 is 9.53 Å². The minimum absolute atomic E-state index is 0.221. The van der Waals surface area contributed by atoms with Crippen molar-refractivity contribution in [2.45, 2.75) is 38.6 Å². The Kier molecular flexibility index (Phi) is 3.67. The lowest BCUT2D eigenvalue weighted by Crippen LogP contribution is -2.29. The highest BCUT2D eigenvalue weighted by Crippen LogP contribution is 2.29. The summed E-state index contributed by atoms with van der Waals surface area (Å²) in [5.74, 6) is 0.963. The maximum Gasteiger partial charge on any atom is 0.167 e. The Labute approximate surface area is 102 Å². The number of ether oxygens (including phenoxy) is 1. The second kappa shape index (κ2) is 5.21. The molecule has 3 nitrogen and oxygen atoms in total. The number of carbonyl (C=O) groups is 1. The molecule has 1 aliphatic heterocycles. The SMILES string of the molecule is CCCCC1CC(=O)c2cc(OC)ccc2N1. The molecular formula is C14H19NO2. The molecule has 2 rings (SSSR count). The number of unbranched alkanes of at least 4 members (excludes halogenated alkanes) is 1. The van der Waals surface area contributed by atoms with Crippen LogP contribution in [0, 0.1) is 0 Å². The van der Waals surface area contributed by atoms with E-state index in [1.807, 2.05) is 18.2 Å². The van der Waals surface area contributed by atoms with Crippen LogP contribution in [0.3, 0.4) is 0 Å². The average Bonchev–Trinajstić information content (AvgIpc) is 2.36. The first kappa shape index (κ1) is 12.0. The van der Waals surface area contributed by atoms with Crippen molar-refractivity contribution >= 4 is 11.5 Å². The number of nitrogens with one attached hydrogen (secondary N) is 1. The zero-order chi connectivity index (χ0) is 12.3. The van der Waals surface area contributed by atoms with E-state index in [2.05, 4.69) is 12.2 Å². The van der Waals surface area contributed by atoms with Crippen LogP contribution in [-0.2, 0) is 0 Å². The number of anilines is 1. The quantitative estimate of drug-likeness (QED) is 0.867. The summed E-state index contributed by atoms with van der Waals surface area (Å²) in [6.07, 6.45) is 3.99. The minimum Gasteiger partial charge on any atom is -0.497 e. The molecule has 0 saturated heterocycles. The van der Waals surface area contributed by atoms with Crippen LogP contribution >= 0.6 is 0 Å². The van der Waals surface area contributed by atoms with Crippen LogP contribution < -0.4 is 10.1 Å². The fraction of sp³-hybridized carbons (Fsp3) is 0.500. The zero-order valence-corrected chi connectivity index (χ0v) is 10.5. The van der Waals surface area contributed by atoms with Gasteiger partial charge in [-0.2, -0.15) is 0 Å². The van der Waals surface area contributed by atoms with Gasteiger partial charge in [-0.25, -0.2) is 0 Å². The monoisotopic (exact) mass is 233 g/mol. The van der Waals surface area contributed by atoms with E-state index in [0.717, 1.165) is 29.8 Å². The highest BCUT2D eigenvalue weighted by molar-refractivity contribution is 6.03. The van der Waals surface area contributed by atoms with Gasteiger partial charge in [-0.05, 0) is 24.6 Å². The number of hydrogen-bond donors (Lipinski definition) is 1. The Morgan fingerprint density at radius 2 is 2.29 bits per heavy atom. The van der Waals surface area contributed by atoms with Crippen LogP contribution in [0.5, 0.6) is 5.75 Å². The molecule has 17 heavy (non-hydrogen) atoms. The van der Waals surface area contributed by atoms with E-state index >= 15 is 0 Å². The van der Waals surface area contributed by atoms with Crippen LogP contribution in [-0.4, -0.2) is 18.9 Å². The van der Waals surface area contributed by atoms with Gasteiger partial charge in [0.05, 0.1) is 7.11 Å². The van der Waals surface area contributed by atoms with E-state index in [1.165, 1.54) is 6.42 Å². The van der Waals surface area contributed by atoms with Gasteiger partial charge in [-0.1, -0.05) is 19.8 Å². The average molecular weight is 233 g/mol. The van der Waals surface area contributed by atoms with E-state index in [9.17, 15) is 4.79 Å². The molecule has 1 aromatic rings. The van der Waals surface area contributed by atoms with Crippen molar-refractivity contribution in [1.82, 2.24) is 0 Å². The largest absolute Gasteiger partial charge is 0.497 e. The lowest BCUT2D eigenvalue weighted by Gasteiger charge is -2.26.